The number of thiazole rings is 1. The van der Waals surface area contributed by atoms with E-state index >= 15 is 0 Å². The molecular formula is C16H22N2OS. The molecule has 0 spiro atoms. The summed E-state index contributed by atoms with van der Waals surface area (Å²) in [7, 11) is 0. The summed E-state index contributed by atoms with van der Waals surface area (Å²) in [6.45, 7) is 6.29. The molecule has 0 fully saturated rings. The van der Waals surface area contributed by atoms with E-state index in [2.05, 4.69) is 37.1 Å². The molecule has 1 amide bonds. The lowest BCUT2D eigenvalue weighted by Crippen LogP contribution is -2.22. The zero-order valence-corrected chi connectivity index (χ0v) is 13.2. The highest BCUT2D eigenvalue weighted by Gasteiger charge is 2.17. The van der Waals surface area contributed by atoms with E-state index in [1.165, 1.54) is 5.56 Å². The van der Waals surface area contributed by atoms with Gasteiger partial charge < -0.3 is 5.32 Å². The molecule has 0 bridgehead atoms. The predicted molar refractivity (Wildman–Crippen MR) is 86.3 cm³/mol. The van der Waals surface area contributed by atoms with Gasteiger partial charge in [-0.3, -0.25) is 4.79 Å². The number of aromatic nitrogens is 1. The normalized spacial score (nSPS) is 12.6. The monoisotopic (exact) mass is 290 g/mol. The molecule has 0 aliphatic carbocycles. The van der Waals surface area contributed by atoms with Crippen molar-refractivity contribution in [1.29, 1.82) is 0 Å². The molecule has 3 nitrogen and oxygen atoms in total. The zero-order chi connectivity index (χ0) is 14.5. The van der Waals surface area contributed by atoms with Gasteiger partial charge in [0.25, 0.3) is 0 Å². The minimum atomic E-state index is 0.101. The molecule has 1 heterocycles. The molecule has 108 valence electrons. The molecule has 1 aromatic heterocycles. The topological polar surface area (TPSA) is 42.0 Å². The van der Waals surface area contributed by atoms with Crippen LogP contribution in [-0.4, -0.2) is 10.9 Å². The van der Waals surface area contributed by atoms with E-state index in [4.69, 9.17) is 0 Å². The van der Waals surface area contributed by atoms with Gasteiger partial charge in [-0.1, -0.05) is 44.1 Å². The third kappa shape index (κ3) is 3.57. The SMILES string of the molecule is CCCCC(CC)C(=O)Nc1nc2ccc(C)cc2s1. The van der Waals surface area contributed by atoms with Crippen LogP contribution in [0.25, 0.3) is 10.2 Å². The summed E-state index contributed by atoms with van der Waals surface area (Å²) in [6.07, 6.45) is 4.08. The number of nitrogens with one attached hydrogen (secondary N) is 1. The number of unbranched alkanes of at least 4 members (excludes halogenated alkanes) is 1. The van der Waals surface area contributed by atoms with Gasteiger partial charge in [-0.2, -0.15) is 0 Å². The fraction of sp³-hybridized carbons (Fsp3) is 0.500. The molecule has 2 aromatic rings. The summed E-state index contributed by atoms with van der Waals surface area (Å²) in [5, 5.41) is 3.69. The molecule has 20 heavy (non-hydrogen) atoms. The van der Waals surface area contributed by atoms with Gasteiger partial charge in [0.2, 0.25) is 5.91 Å². The average molecular weight is 290 g/mol. The number of hydrogen-bond acceptors (Lipinski definition) is 3. The first-order chi connectivity index (χ1) is 9.63. The lowest BCUT2D eigenvalue weighted by molar-refractivity contribution is -0.120. The van der Waals surface area contributed by atoms with Gasteiger partial charge in [0, 0.05) is 5.92 Å². The Morgan fingerprint density at radius 3 is 2.90 bits per heavy atom. The molecule has 0 aliphatic rings. The Kier molecular flexibility index (Phi) is 5.12. The largest absolute Gasteiger partial charge is 0.302 e. The van der Waals surface area contributed by atoms with Crippen molar-refractivity contribution < 1.29 is 4.79 Å². The van der Waals surface area contributed by atoms with Crippen molar-refractivity contribution in [2.75, 3.05) is 5.32 Å². The quantitative estimate of drug-likeness (QED) is 0.833. The minimum Gasteiger partial charge on any atom is -0.302 e. The van der Waals surface area contributed by atoms with Crippen molar-refractivity contribution in [2.24, 2.45) is 5.92 Å². The number of nitrogens with zero attached hydrogens (tertiary/aromatic N) is 1. The van der Waals surface area contributed by atoms with Crippen LogP contribution in [0.3, 0.4) is 0 Å². The molecule has 1 unspecified atom stereocenters. The van der Waals surface area contributed by atoms with Gasteiger partial charge in [0.05, 0.1) is 10.2 Å². The molecule has 0 radical (unpaired) electrons. The number of benzene rings is 1. The molecule has 1 N–H and O–H groups in total. The van der Waals surface area contributed by atoms with Crippen molar-refractivity contribution >= 4 is 32.6 Å². The summed E-state index contributed by atoms with van der Waals surface area (Å²) in [5.41, 5.74) is 2.17. The molecule has 1 aromatic carbocycles. The van der Waals surface area contributed by atoms with Crippen LogP contribution < -0.4 is 5.32 Å². The summed E-state index contributed by atoms with van der Waals surface area (Å²) >= 11 is 1.55. The maximum absolute atomic E-state index is 12.2. The second kappa shape index (κ2) is 6.84. The number of anilines is 1. The zero-order valence-electron chi connectivity index (χ0n) is 12.4. The second-order valence-corrected chi connectivity index (χ2v) is 6.26. The van der Waals surface area contributed by atoms with Crippen LogP contribution in [0, 0.1) is 12.8 Å². The van der Waals surface area contributed by atoms with Crippen molar-refractivity contribution in [1.82, 2.24) is 4.98 Å². The standard InChI is InChI=1S/C16H22N2OS/c1-4-6-7-12(5-2)15(19)18-16-17-13-9-8-11(3)10-14(13)20-16/h8-10,12H,4-7H2,1-3H3,(H,17,18,19). The lowest BCUT2D eigenvalue weighted by atomic mass is 9.99. The Morgan fingerprint density at radius 1 is 1.40 bits per heavy atom. The first-order valence-electron chi connectivity index (χ1n) is 7.32. The Balaban J connectivity index is 2.08. The highest BCUT2D eigenvalue weighted by atomic mass is 32.1. The third-order valence-corrected chi connectivity index (χ3v) is 4.48. The number of fused-ring (bicyclic) bond motifs is 1. The number of amides is 1. The van der Waals surface area contributed by atoms with Crippen LogP contribution in [0.5, 0.6) is 0 Å². The molecule has 1 atom stereocenters. The van der Waals surface area contributed by atoms with E-state index < -0.39 is 0 Å². The van der Waals surface area contributed by atoms with Crippen molar-refractivity contribution in [3.63, 3.8) is 0 Å². The first-order valence-corrected chi connectivity index (χ1v) is 8.13. The number of carbonyl (C=O) groups is 1. The van der Waals surface area contributed by atoms with Gasteiger partial charge in [0.1, 0.15) is 0 Å². The van der Waals surface area contributed by atoms with Gasteiger partial charge >= 0.3 is 0 Å². The van der Waals surface area contributed by atoms with Crippen LogP contribution in [0.2, 0.25) is 0 Å². The van der Waals surface area contributed by atoms with Crippen LogP contribution in [0.1, 0.15) is 45.1 Å². The maximum Gasteiger partial charge on any atom is 0.229 e. The highest BCUT2D eigenvalue weighted by Crippen LogP contribution is 2.27. The van der Waals surface area contributed by atoms with E-state index in [9.17, 15) is 4.79 Å². The number of rotatable bonds is 6. The van der Waals surface area contributed by atoms with E-state index in [0.29, 0.717) is 5.13 Å². The minimum absolute atomic E-state index is 0.101. The van der Waals surface area contributed by atoms with E-state index in [0.717, 1.165) is 35.9 Å². The highest BCUT2D eigenvalue weighted by molar-refractivity contribution is 7.22. The van der Waals surface area contributed by atoms with Gasteiger partial charge in [-0.25, -0.2) is 4.98 Å². The maximum atomic E-state index is 12.2. The van der Waals surface area contributed by atoms with Gasteiger partial charge in [-0.05, 0) is 37.5 Å². The van der Waals surface area contributed by atoms with Crippen molar-refractivity contribution in [2.45, 2.75) is 46.5 Å². The predicted octanol–water partition coefficient (Wildman–Crippen LogP) is 4.76. The van der Waals surface area contributed by atoms with Crippen LogP contribution in [0.4, 0.5) is 5.13 Å². The number of hydrogen-bond donors (Lipinski definition) is 1. The average Bonchev–Trinajstić information content (AvgIpc) is 2.80. The van der Waals surface area contributed by atoms with Crippen LogP contribution in [-0.2, 0) is 4.79 Å². The number of carbonyl (C=O) groups excluding carboxylic acids is 1. The molecule has 2 rings (SSSR count). The van der Waals surface area contributed by atoms with Crippen LogP contribution in [0.15, 0.2) is 18.2 Å². The third-order valence-electron chi connectivity index (χ3n) is 3.54. The summed E-state index contributed by atoms with van der Waals surface area (Å²) in [4.78, 5) is 16.7. The van der Waals surface area contributed by atoms with Crippen molar-refractivity contribution in [3.8, 4) is 0 Å². The fourth-order valence-electron chi connectivity index (χ4n) is 2.26. The van der Waals surface area contributed by atoms with Gasteiger partial charge in [-0.15, -0.1) is 0 Å². The van der Waals surface area contributed by atoms with E-state index in [1.54, 1.807) is 11.3 Å². The Hall–Kier alpha value is -1.42. The Morgan fingerprint density at radius 2 is 2.20 bits per heavy atom. The summed E-state index contributed by atoms with van der Waals surface area (Å²) < 4.78 is 1.13. The Labute approximate surface area is 124 Å². The smallest absolute Gasteiger partial charge is 0.229 e. The van der Waals surface area contributed by atoms with Crippen molar-refractivity contribution in [3.05, 3.63) is 23.8 Å². The number of aryl methyl sites for hydroxylation is 1. The summed E-state index contributed by atoms with van der Waals surface area (Å²) in [5.74, 6) is 0.209. The molecular weight excluding hydrogens is 268 g/mol. The van der Waals surface area contributed by atoms with Gasteiger partial charge in [0.15, 0.2) is 5.13 Å². The summed E-state index contributed by atoms with van der Waals surface area (Å²) in [6, 6.07) is 6.16. The fourth-order valence-corrected chi connectivity index (χ4v) is 3.23. The van der Waals surface area contributed by atoms with E-state index in [-0.39, 0.29) is 11.8 Å². The second-order valence-electron chi connectivity index (χ2n) is 5.23. The van der Waals surface area contributed by atoms with Crippen LogP contribution >= 0.6 is 11.3 Å². The molecule has 0 aliphatic heterocycles. The van der Waals surface area contributed by atoms with E-state index in [1.807, 2.05) is 12.1 Å². The molecule has 0 saturated heterocycles. The lowest BCUT2D eigenvalue weighted by Gasteiger charge is -2.12. The first kappa shape index (κ1) is 15.0. The Bertz CT molecular complexity index is 591. The molecule has 0 saturated carbocycles. The molecule has 4 heteroatoms.